The Morgan fingerprint density at radius 3 is 2.18 bits per heavy atom. The highest BCUT2D eigenvalue weighted by molar-refractivity contribution is 6.04. The summed E-state index contributed by atoms with van der Waals surface area (Å²) in [7, 11) is 0. The van der Waals surface area contributed by atoms with Crippen LogP contribution in [0.3, 0.4) is 0 Å². The molecule has 2 saturated carbocycles. The largest absolute Gasteiger partial charge is 0.465 e. The van der Waals surface area contributed by atoms with Gasteiger partial charge in [0, 0.05) is 18.3 Å². The topological polar surface area (TPSA) is 60.4 Å². The second-order valence-corrected chi connectivity index (χ2v) is 4.93. The molecule has 1 atom stereocenters. The van der Waals surface area contributed by atoms with Crippen LogP contribution in [0.2, 0.25) is 0 Å². The molecular weight excluding hydrogens is 220 g/mol. The van der Waals surface area contributed by atoms with E-state index in [4.69, 9.17) is 4.74 Å². The second-order valence-electron chi connectivity index (χ2n) is 4.93. The third kappa shape index (κ3) is 3.14. The predicted molar refractivity (Wildman–Crippen MR) is 60.2 cm³/mol. The van der Waals surface area contributed by atoms with Gasteiger partial charge in [0.25, 0.3) is 0 Å². The van der Waals surface area contributed by atoms with Gasteiger partial charge in [0.05, 0.1) is 6.61 Å². The van der Waals surface area contributed by atoms with E-state index in [1.54, 1.807) is 6.92 Å². The first-order chi connectivity index (χ1) is 8.13. The minimum Gasteiger partial charge on any atom is -0.465 e. The molecule has 2 aliphatic carbocycles. The maximum Gasteiger partial charge on any atom is 0.316 e. The van der Waals surface area contributed by atoms with E-state index in [0.717, 1.165) is 25.7 Å². The molecule has 0 aliphatic heterocycles. The molecule has 2 aliphatic rings. The molecular formula is C13H18O4. The van der Waals surface area contributed by atoms with Crippen LogP contribution in [0.4, 0.5) is 0 Å². The minimum atomic E-state index is -0.837. The summed E-state index contributed by atoms with van der Waals surface area (Å²) in [6, 6.07) is 0. The molecule has 94 valence electrons. The van der Waals surface area contributed by atoms with E-state index < -0.39 is 11.9 Å². The van der Waals surface area contributed by atoms with Crippen molar-refractivity contribution in [3.05, 3.63) is 0 Å². The average molecular weight is 238 g/mol. The maximum atomic E-state index is 11.9. The van der Waals surface area contributed by atoms with Gasteiger partial charge in [-0.25, -0.2) is 0 Å². The Labute approximate surface area is 101 Å². The molecule has 0 aromatic heterocycles. The molecule has 0 heterocycles. The van der Waals surface area contributed by atoms with Crippen LogP contribution in [-0.2, 0) is 19.1 Å². The highest BCUT2D eigenvalue weighted by Crippen LogP contribution is 2.36. The van der Waals surface area contributed by atoms with Gasteiger partial charge < -0.3 is 4.74 Å². The van der Waals surface area contributed by atoms with Crippen LogP contribution in [0.1, 0.15) is 39.0 Å². The van der Waals surface area contributed by atoms with Crippen molar-refractivity contribution in [2.24, 2.45) is 17.8 Å². The van der Waals surface area contributed by atoms with Gasteiger partial charge in [-0.3, -0.25) is 14.4 Å². The van der Waals surface area contributed by atoms with Crippen LogP contribution in [-0.4, -0.2) is 24.1 Å². The summed E-state index contributed by atoms with van der Waals surface area (Å²) in [5, 5.41) is 0. The van der Waals surface area contributed by atoms with Crippen LogP contribution in [0, 0.1) is 17.8 Å². The molecule has 2 fully saturated rings. The molecule has 4 nitrogen and oxygen atoms in total. The molecule has 0 aromatic rings. The summed E-state index contributed by atoms with van der Waals surface area (Å²) in [6.07, 6.45) is 3.58. The van der Waals surface area contributed by atoms with E-state index in [0.29, 0.717) is 0 Å². The van der Waals surface area contributed by atoms with Crippen molar-refractivity contribution in [2.75, 3.05) is 6.61 Å². The van der Waals surface area contributed by atoms with Gasteiger partial charge in [0.15, 0.2) is 5.78 Å². The zero-order chi connectivity index (χ0) is 12.4. The molecule has 0 N–H and O–H groups in total. The fraction of sp³-hybridized carbons (Fsp3) is 0.769. The number of rotatable bonds is 7. The number of hydrogen-bond acceptors (Lipinski definition) is 4. The summed E-state index contributed by atoms with van der Waals surface area (Å²) >= 11 is 0. The number of hydrogen-bond donors (Lipinski definition) is 0. The highest BCUT2D eigenvalue weighted by Gasteiger charge is 2.42. The normalized spacial score (nSPS) is 20.8. The lowest BCUT2D eigenvalue weighted by Crippen LogP contribution is -2.30. The van der Waals surface area contributed by atoms with Crippen molar-refractivity contribution in [2.45, 2.75) is 39.0 Å². The number of ether oxygens (including phenoxy) is 1. The Hall–Kier alpha value is -1.19. The lowest BCUT2D eigenvalue weighted by Gasteiger charge is -2.13. The first kappa shape index (κ1) is 12.3. The average Bonchev–Trinajstić information content (AvgIpc) is 3.18. The minimum absolute atomic E-state index is 0.00332. The van der Waals surface area contributed by atoms with Crippen LogP contribution in [0.5, 0.6) is 0 Å². The first-order valence-corrected chi connectivity index (χ1v) is 6.36. The van der Waals surface area contributed by atoms with E-state index in [1.165, 1.54) is 0 Å². The van der Waals surface area contributed by atoms with Crippen LogP contribution < -0.4 is 0 Å². The smallest absolute Gasteiger partial charge is 0.316 e. The first-order valence-electron chi connectivity index (χ1n) is 6.36. The quantitative estimate of drug-likeness (QED) is 0.498. The lowest BCUT2D eigenvalue weighted by atomic mass is 9.93. The number of esters is 1. The van der Waals surface area contributed by atoms with Gasteiger partial charge in [-0.1, -0.05) is 0 Å². The van der Waals surface area contributed by atoms with Gasteiger partial charge in [-0.15, -0.1) is 0 Å². The van der Waals surface area contributed by atoms with Gasteiger partial charge in [0.2, 0.25) is 0 Å². The number of carbonyl (C=O) groups excluding carboxylic acids is 3. The van der Waals surface area contributed by atoms with Gasteiger partial charge in [0.1, 0.15) is 11.7 Å². The van der Waals surface area contributed by atoms with Crippen LogP contribution in [0.15, 0.2) is 0 Å². The Morgan fingerprint density at radius 2 is 1.71 bits per heavy atom. The van der Waals surface area contributed by atoms with Crippen LogP contribution >= 0.6 is 0 Å². The third-order valence-electron chi connectivity index (χ3n) is 3.33. The number of carbonyl (C=O) groups is 3. The molecule has 0 spiro atoms. The fourth-order valence-electron chi connectivity index (χ4n) is 1.97. The molecule has 0 amide bonds. The zero-order valence-electron chi connectivity index (χ0n) is 10.1. The van der Waals surface area contributed by atoms with Crippen molar-refractivity contribution < 1.29 is 19.1 Å². The molecule has 0 bridgehead atoms. The van der Waals surface area contributed by atoms with Gasteiger partial charge in [-0.2, -0.15) is 0 Å². The van der Waals surface area contributed by atoms with Gasteiger partial charge >= 0.3 is 5.97 Å². The van der Waals surface area contributed by atoms with Crippen LogP contribution in [0.25, 0.3) is 0 Å². The summed E-state index contributed by atoms with van der Waals surface area (Å²) < 4.78 is 4.89. The predicted octanol–water partition coefficient (Wildman–Crippen LogP) is 1.51. The lowest BCUT2D eigenvalue weighted by molar-refractivity contribution is -0.153. The summed E-state index contributed by atoms with van der Waals surface area (Å²) in [5.41, 5.74) is 0. The second kappa shape index (κ2) is 4.98. The molecule has 0 radical (unpaired) electrons. The zero-order valence-corrected chi connectivity index (χ0v) is 10.1. The van der Waals surface area contributed by atoms with Crippen molar-refractivity contribution in [1.29, 1.82) is 0 Å². The SMILES string of the molecule is CCOC(=O)[C@@H](CC(=O)C1CC1)C(=O)C1CC1. The van der Waals surface area contributed by atoms with Crippen molar-refractivity contribution in [3.8, 4) is 0 Å². The Balaban J connectivity index is 1.97. The molecule has 2 rings (SSSR count). The molecule has 17 heavy (non-hydrogen) atoms. The van der Waals surface area contributed by atoms with Crippen molar-refractivity contribution in [1.82, 2.24) is 0 Å². The number of ketones is 2. The molecule has 0 saturated heterocycles. The van der Waals surface area contributed by atoms with Crippen molar-refractivity contribution in [3.63, 3.8) is 0 Å². The number of Topliss-reactive ketones (excluding diaryl/α,β-unsaturated/α-hetero) is 2. The Morgan fingerprint density at radius 1 is 1.12 bits per heavy atom. The summed E-state index contributed by atoms with van der Waals surface area (Å²) in [5.74, 6) is -1.29. The van der Waals surface area contributed by atoms with Crippen molar-refractivity contribution >= 4 is 17.5 Å². The Bertz CT molecular complexity index is 339. The van der Waals surface area contributed by atoms with E-state index in [-0.39, 0.29) is 36.4 Å². The standard InChI is InChI=1S/C13H18O4/c1-2-17-13(16)10(12(15)9-5-6-9)7-11(14)8-3-4-8/h8-10H,2-7H2,1H3/t10-/m0/s1. The Kier molecular flexibility index (Phi) is 3.60. The third-order valence-corrected chi connectivity index (χ3v) is 3.33. The fourth-order valence-corrected chi connectivity index (χ4v) is 1.97. The molecule has 4 heteroatoms. The van der Waals surface area contributed by atoms with E-state index in [9.17, 15) is 14.4 Å². The molecule has 0 unspecified atom stereocenters. The van der Waals surface area contributed by atoms with E-state index in [2.05, 4.69) is 0 Å². The van der Waals surface area contributed by atoms with E-state index >= 15 is 0 Å². The highest BCUT2D eigenvalue weighted by atomic mass is 16.5. The van der Waals surface area contributed by atoms with Gasteiger partial charge in [-0.05, 0) is 32.6 Å². The van der Waals surface area contributed by atoms with E-state index in [1.807, 2.05) is 0 Å². The molecule has 0 aromatic carbocycles. The monoisotopic (exact) mass is 238 g/mol. The summed E-state index contributed by atoms with van der Waals surface area (Å²) in [4.78, 5) is 35.4. The maximum absolute atomic E-state index is 11.9. The summed E-state index contributed by atoms with van der Waals surface area (Å²) in [6.45, 7) is 1.96.